The van der Waals surface area contributed by atoms with E-state index in [4.69, 9.17) is 4.74 Å². The SMILES string of the molecule is C=C(C)COc1cccc(C2(C(=O)O)CCCCC2)c1. The predicted octanol–water partition coefficient (Wildman–Crippen LogP) is 3.93. The number of aliphatic carboxylic acids is 1. The van der Waals surface area contributed by atoms with E-state index in [0.29, 0.717) is 19.4 Å². The Balaban J connectivity index is 2.27. The summed E-state index contributed by atoms with van der Waals surface area (Å²) in [5.41, 5.74) is 1.07. The highest BCUT2D eigenvalue weighted by molar-refractivity contribution is 5.81. The molecule has 1 saturated carbocycles. The molecular weight excluding hydrogens is 252 g/mol. The maximum absolute atomic E-state index is 11.8. The molecule has 0 saturated heterocycles. The quantitative estimate of drug-likeness (QED) is 0.828. The van der Waals surface area contributed by atoms with Crippen LogP contribution >= 0.6 is 0 Å². The van der Waals surface area contributed by atoms with E-state index >= 15 is 0 Å². The lowest BCUT2D eigenvalue weighted by atomic mass is 9.69. The van der Waals surface area contributed by atoms with Crippen molar-refractivity contribution in [3.05, 3.63) is 42.0 Å². The largest absolute Gasteiger partial charge is 0.489 e. The Bertz CT molecular complexity index is 499. The van der Waals surface area contributed by atoms with Crippen LogP contribution in [0.2, 0.25) is 0 Å². The minimum atomic E-state index is -0.735. The second-order valence-electron chi connectivity index (χ2n) is 5.72. The van der Waals surface area contributed by atoms with Gasteiger partial charge in [-0.15, -0.1) is 0 Å². The summed E-state index contributed by atoms with van der Waals surface area (Å²) in [4.78, 5) is 11.8. The fourth-order valence-corrected chi connectivity index (χ4v) is 2.87. The molecule has 1 aromatic rings. The molecule has 20 heavy (non-hydrogen) atoms. The predicted molar refractivity (Wildman–Crippen MR) is 79.1 cm³/mol. The first-order valence-electron chi connectivity index (χ1n) is 7.16. The zero-order chi connectivity index (χ0) is 14.6. The Morgan fingerprint density at radius 3 is 2.65 bits per heavy atom. The van der Waals surface area contributed by atoms with Gasteiger partial charge in [-0.3, -0.25) is 4.79 Å². The summed E-state index contributed by atoms with van der Waals surface area (Å²) < 4.78 is 5.63. The Kier molecular flexibility index (Phi) is 4.48. The highest BCUT2D eigenvalue weighted by Crippen LogP contribution is 2.40. The van der Waals surface area contributed by atoms with E-state index in [1.165, 1.54) is 0 Å². The Morgan fingerprint density at radius 1 is 1.35 bits per heavy atom. The number of carbonyl (C=O) groups is 1. The van der Waals surface area contributed by atoms with Crippen molar-refractivity contribution in [3.63, 3.8) is 0 Å². The fraction of sp³-hybridized carbons (Fsp3) is 0.471. The third kappa shape index (κ3) is 3.03. The van der Waals surface area contributed by atoms with E-state index in [2.05, 4.69) is 6.58 Å². The van der Waals surface area contributed by atoms with Gasteiger partial charge in [-0.25, -0.2) is 0 Å². The van der Waals surface area contributed by atoms with Crippen LogP contribution in [0.5, 0.6) is 5.75 Å². The second-order valence-corrected chi connectivity index (χ2v) is 5.72. The van der Waals surface area contributed by atoms with Gasteiger partial charge >= 0.3 is 5.97 Å². The molecule has 1 aliphatic rings. The third-order valence-electron chi connectivity index (χ3n) is 3.99. The summed E-state index contributed by atoms with van der Waals surface area (Å²) in [6, 6.07) is 7.53. The van der Waals surface area contributed by atoms with Gasteiger partial charge in [0.05, 0.1) is 5.41 Å². The number of hydrogen-bond acceptors (Lipinski definition) is 2. The maximum Gasteiger partial charge on any atom is 0.314 e. The summed E-state index contributed by atoms with van der Waals surface area (Å²) >= 11 is 0. The van der Waals surface area contributed by atoms with Crippen LogP contribution in [0, 0.1) is 0 Å². The van der Waals surface area contributed by atoms with Gasteiger partial charge < -0.3 is 9.84 Å². The summed E-state index contributed by atoms with van der Waals surface area (Å²) in [7, 11) is 0. The molecule has 1 aromatic carbocycles. The van der Waals surface area contributed by atoms with Crippen LogP contribution < -0.4 is 4.74 Å². The first kappa shape index (κ1) is 14.6. The van der Waals surface area contributed by atoms with Gasteiger partial charge in [-0.05, 0) is 43.0 Å². The summed E-state index contributed by atoms with van der Waals surface area (Å²) in [5.74, 6) is 0.00551. The van der Waals surface area contributed by atoms with Crippen molar-refractivity contribution >= 4 is 5.97 Å². The standard InChI is InChI=1S/C17H22O3/c1-13(2)12-20-15-8-6-7-14(11-15)17(16(18)19)9-4-3-5-10-17/h6-8,11H,1,3-5,9-10,12H2,2H3,(H,18,19). The minimum Gasteiger partial charge on any atom is -0.489 e. The molecule has 0 bridgehead atoms. The summed E-state index contributed by atoms with van der Waals surface area (Å²) in [5, 5.41) is 9.70. The van der Waals surface area contributed by atoms with E-state index in [1.807, 2.05) is 31.2 Å². The summed E-state index contributed by atoms with van der Waals surface area (Å²) in [6.07, 6.45) is 4.51. The molecule has 0 heterocycles. The monoisotopic (exact) mass is 274 g/mol. The molecule has 2 rings (SSSR count). The molecule has 1 aliphatic carbocycles. The molecule has 0 atom stereocenters. The molecule has 0 unspecified atom stereocenters. The lowest BCUT2D eigenvalue weighted by Crippen LogP contribution is -2.37. The average molecular weight is 274 g/mol. The number of carboxylic acid groups (broad SMARTS) is 1. The fourth-order valence-electron chi connectivity index (χ4n) is 2.87. The van der Waals surface area contributed by atoms with Crippen molar-refractivity contribution in [2.45, 2.75) is 44.4 Å². The molecule has 1 N–H and O–H groups in total. The minimum absolute atomic E-state index is 0.462. The van der Waals surface area contributed by atoms with Gasteiger partial charge in [0.1, 0.15) is 12.4 Å². The average Bonchev–Trinajstić information content (AvgIpc) is 2.46. The topological polar surface area (TPSA) is 46.5 Å². The van der Waals surface area contributed by atoms with E-state index in [1.54, 1.807) is 0 Å². The lowest BCUT2D eigenvalue weighted by molar-refractivity contribution is -0.145. The molecule has 1 fully saturated rings. The zero-order valence-electron chi connectivity index (χ0n) is 12.0. The molecule has 108 valence electrons. The summed E-state index contributed by atoms with van der Waals surface area (Å²) in [6.45, 7) is 6.17. The molecule has 0 radical (unpaired) electrons. The van der Waals surface area contributed by atoms with E-state index < -0.39 is 11.4 Å². The Labute approximate surface area is 120 Å². The zero-order valence-corrected chi connectivity index (χ0v) is 12.0. The molecule has 0 amide bonds. The Hall–Kier alpha value is -1.77. The van der Waals surface area contributed by atoms with E-state index in [9.17, 15) is 9.90 Å². The van der Waals surface area contributed by atoms with Gasteiger partial charge in [-0.1, -0.05) is 38.0 Å². The Morgan fingerprint density at radius 2 is 2.05 bits per heavy atom. The van der Waals surface area contributed by atoms with Gasteiger partial charge in [0, 0.05) is 0 Å². The lowest BCUT2D eigenvalue weighted by Gasteiger charge is -2.33. The van der Waals surface area contributed by atoms with Gasteiger partial charge in [0.25, 0.3) is 0 Å². The van der Waals surface area contributed by atoms with E-state index in [-0.39, 0.29) is 0 Å². The molecule has 3 nitrogen and oxygen atoms in total. The molecule has 0 spiro atoms. The number of rotatable bonds is 5. The first-order valence-corrected chi connectivity index (χ1v) is 7.16. The van der Waals surface area contributed by atoms with Crippen LogP contribution in [0.4, 0.5) is 0 Å². The van der Waals surface area contributed by atoms with Crippen LogP contribution in [-0.2, 0) is 10.2 Å². The second kappa shape index (κ2) is 6.12. The number of ether oxygens (including phenoxy) is 1. The van der Waals surface area contributed by atoms with Crippen LogP contribution in [0.15, 0.2) is 36.4 Å². The van der Waals surface area contributed by atoms with Crippen LogP contribution in [0.25, 0.3) is 0 Å². The molecule has 0 aliphatic heterocycles. The van der Waals surface area contributed by atoms with Crippen molar-refractivity contribution in [2.24, 2.45) is 0 Å². The van der Waals surface area contributed by atoms with Gasteiger partial charge in [0.2, 0.25) is 0 Å². The maximum atomic E-state index is 11.8. The van der Waals surface area contributed by atoms with Crippen molar-refractivity contribution in [2.75, 3.05) is 6.61 Å². The molecule has 0 aromatic heterocycles. The van der Waals surface area contributed by atoms with Gasteiger partial charge in [0.15, 0.2) is 0 Å². The van der Waals surface area contributed by atoms with Crippen molar-refractivity contribution in [1.82, 2.24) is 0 Å². The van der Waals surface area contributed by atoms with Crippen molar-refractivity contribution < 1.29 is 14.6 Å². The van der Waals surface area contributed by atoms with E-state index in [0.717, 1.165) is 36.1 Å². The first-order chi connectivity index (χ1) is 9.54. The molecule has 3 heteroatoms. The smallest absolute Gasteiger partial charge is 0.314 e. The van der Waals surface area contributed by atoms with Crippen molar-refractivity contribution in [3.8, 4) is 5.75 Å². The van der Waals surface area contributed by atoms with Gasteiger partial charge in [-0.2, -0.15) is 0 Å². The van der Waals surface area contributed by atoms with Crippen LogP contribution in [-0.4, -0.2) is 17.7 Å². The van der Waals surface area contributed by atoms with Crippen molar-refractivity contribution in [1.29, 1.82) is 0 Å². The number of hydrogen-bond donors (Lipinski definition) is 1. The normalized spacial score (nSPS) is 17.4. The van der Waals surface area contributed by atoms with Crippen LogP contribution in [0.1, 0.15) is 44.6 Å². The molecular formula is C17H22O3. The number of carboxylic acids is 1. The highest BCUT2D eigenvalue weighted by atomic mass is 16.5. The van der Waals surface area contributed by atoms with Crippen LogP contribution in [0.3, 0.4) is 0 Å². The third-order valence-corrected chi connectivity index (χ3v) is 3.99. The number of benzene rings is 1. The highest BCUT2D eigenvalue weighted by Gasteiger charge is 2.41.